The van der Waals surface area contributed by atoms with Crippen LogP contribution in [0.5, 0.6) is 0 Å². The third-order valence-corrected chi connectivity index (χ3v) is 4.69. The van der Waals surface area contributed by atoms with Crippen molar-refractivity contribution in [2.45, 2.75) is 64.3 Å². The first-order valence-corrected chi connectivity index (χ1v) is 7.63. The van der Waals surface area contributed by atoms with E-state index in [-0.39, 0.29) is 5.91 Å². The summed E-state index contributed by atoms with van der Waals surface area (Å²) in [5, 5.41) is 0. The Balaban J connectivity index is 2.18. The molecule has 0 aromatic carbocycles. The molecule has 2 N–H and O–H groups in total. The van der Waals surface area contributed by atoms with Gasteiger partial charge in [0.05, 0.1) is 10.4 Å². The smallest absolute Gasteiger partial charge is 0.235 e. The van der Waals surface area contributed by atoms with Crippen LogP contribution in [0.1, 0.15) is 58.3 Å². The predicted molar refractivity (Wildman–Crippen MR) is 77.3 cm³/mol. The molecule has 102 valence electrons. The minimum atomic E-state index is -0.522. The highest BCUT2D eigenvalue weighted by atomic mass is 32.1. The van der Waals surface area contributed by atoms with Crippen LogP contribution in [0.3, 0.4) is 0 Å². The van der Waals surface area contributed by atoms with Gasteiger partial charge < -0.3 is 10.6 Å². The van der Waals surface area contributed by atoms with Gasteiger partial charge in [-0.15, -0.1) is 0 Å². The maximum atomic E-state index is 12.9. The zero-order chi connectivity index (χ0) is 13.2. The van der Waals surface area contributed by atoms with Crippen molar-refractivity contribution in [2.24, 2.45) is 11.1 Å². The van der Waals surface area contributed by atoms with Crippen molar-refractivity contribution < 1.29 is 4.79 Å². The molecule has 0 bridgehead atoms. The van der Waals surface area contributed by atoms with Gasteiger partial charge in [0.25, 0.3) is 0 Å². The maximum Gasteiger partial charge on any atom is 0.235 e. The number of rotatable bonds is 5. The highest BCUT2D eigenvalue weighted by Crippen LogP contribution is 2.41. The van der Waals surface area contributed by atoms with Crippen LogP contribution in [0.15, 0.2) is 0 Å². The molecular weight excluding hydrogens is 244 g/mol. The predicted octanol–water partition coefficient (Wildman–Crippen LogP) is 2.62. The van der Waals surface area contributed by atoms with E-state index in [4.69, 9.17) is 18.0 Å². The molecule has 0 heterocycles. The highest BCUT2D eigenvalue weighted by molar-refractivity contribution is 7.80. The van der Waals surface area contributed by atoms with Gasteiger partial charge >= 0.3 is 0 Å². The van der Waals surface area contributed by atoms with E-state index in [1.54, 1.807) is 0 Å². The third-order valence-electron chi connectivity index (χ3n) is 4.30. The second kappa shape index (κ2) is 5.55. The maximum absolute atomic E-state index is 12.9. The van der Waals surface area contributed by atoms with Crippen molar-refractivity contribution >= 4 is 23.1 Å². The van der Waals surface area contributed by atoms with Crippen LogP contribution >= 0.6 is 12.2 Å². The van der Waals surface area contributed by atoms with Crippen LogP contribution in [0, 0.1) is 5.41 Å². The lowest BCUT2D eigenvalue weighted by Crippen LogP contribution is -2.52. The van der Waals surface area contributed by atoms with Crippen molar-refractivity contribution in [1.29, 1.82) is 0 Å². The quantitative estimate of drug-likeness (QED) is 0.780. The molecule has 0 spiro atoms. The average Bonchev–Trinajstić information content (AvgIpc) is 3.20. The minimum Gasteiger partial charge on any atom is -0.392 e. The molecule has 18 heavy (non-hydrogen) atoms. The highest BCUT2D eigenvalue weighted by Gasteiger charge is 2.47. The van der Waals surface area contributed by atoms with E-state index in [1.165, 1.54) is 6.42 Å². The lowest BCUT2D eigenvalue weighted by molar-refractivity contribution is -0.140. The summed E-state index contributed by atoms with van der Waals surface area (Å²) in [5.41, 5.74) is 5.42. The lowest BCUT2D eigenvalue weighted by Gasteiger charge is -2.39. The molecule has 2 aliphatic carbocycles. The van der Waals surface area contributed by atoms with E-state index < -0.39 is 5.41 Å². The summed E-state index contributed by atoms with van der Waals surface area (Å²) in [5.74, 6) is 0.221. The van der Waals surface area contributed by atoms with E-state index in [9.17, 15) is 4.79 Å². The number of amides is 1. The summed E-state index contributed by atoms with van der Waals surface area (Å²) in [7, 11) is 0. The third kappa shape index (κ3) is 2.53. The average molecular weight is 268 g/mol. The van der Waals surface area contributed by atoms with E-state index >= 15 is 0 Å². The molecule has 2 aliphatic rings. The molecule has 0 radical (unpaired) electrons. The van der Waals surface area contributed by atoms with Crippen molar-refractivity contribution in [3.63, 3.8) is 0 Å². The molecule has 2 saturated carbocycles. The summed E-state index contributed by atoms with van der Waals surface area (Å²) >= 11 is 5.24. The first-order chi connectivity index (χ1) is 8.62. The lowest BCUT2D eigenvalue weighted by atomic mass is 9.72. The second-order valence-electron chi connectivity index (χ2n) is 5.74. The Hall–Kier alpha value is -0.640. The van der Waals surface area contributed by atoms with E-state index in [0.717, 1.165) is 51.5 Å². The minimum absolute atomic E-state index is 0.221. The van der Waals surface area contributed by atoms with Gasteiger partial charge in [0, 0.05) is 12.6 Å². The Labute approximate surface area is 115 Å². The molecule has 0 unspecified atom stereocenters. The first-order valence-electron chi connectivity index (χ1n) is 7.23. The number of hydrogen-bond donors (Lipinski definition) is 1. The number of nitrogens with zero attached hydrogens (tertiary/aromatic N) is 1. The van der Waals surface area contributed by atoms with Crippen molar-refractivity contribution in [3.05, 3.63) is 0 Å². The zero-order valence-electron chi connectivity index (χ0n) is 11.3. The van der Waals surface area contributed by atoms with Gasteiger partial charge in [-0.2, -0.15) is 0 Å². The first kappa shape index (κ1) is 13.8. The summed E-state index contributed by atoms with van der Waals surface area (Å²) in [6.45, 7) is 2.98. The van der Waals surface area contributed by atoms with Crippen LogP contribution in [0.2, 0.25) is 0 Å². The summed E-state index contributed by atoms with van der Waals surface area (Å²) in [6.07, 6.45) is 8.38. The topological polar surface area (TPSA) is 46.3 Å². The molecule has 0 aromatic rings. The summed E-state index contributed by atoms with van der Waals surface area (Å²) < 4.78 is 0. The van der Waals surface area contributed by atoms with Crippen molar-refractivity contribution in [1.82, 2.24) is 4.90 Å². The Morgan fingerprint density at radius 3 is 2.39 bits per heavy atom. The summed E-state index contributed by atoms with van der Waals surface area (Å²) in [4.78, 5) is 15.4. The monoisotopic (exact) mass is 268 g/mol. The second-order valence-corrected chi connectivity index (χ2v) is 6.18. The van der Waals surface area contributed by atoms with Gasteiger partial charge in [-0.1, -0.05) is 38.4 Å². The van der Waals surface area contributed by atoms with Crippen molar-refractivity contribution in [3.8, 4) is 0 Å². The fourth-order valence-corrected chi connectivity index (χ4v) is 3.36. The molecular formula is C14H24N2OS. The molecule has 0 aromatic heterocycles. The van der Waals surface area contributed by atoms with Crippen LogP contribution in [-0.2, 0) is 4.79 Å². The number of nitrogens with two attached hydrogens (primary N) is 1. The van der Waals surface area contributed by atoms with E-state index in [2.05, 4.69) is 11.8 Å². The molecule has 0 aliphatic heterocycles. The molecule has 3 nitrogen and oxygen atoms in total. The Morgan fingerprint density at radius 2 is 1.94 bits per heavy atom. The standard InChI is InChI=1S/C14H24N2OS/c1-2-10-16(11-6-7-11)13(17)14(12(15)18)8-4-3-5-9-14/h11H,2-10H2,1H3,(H2,15,18). The Morgan fingerprint density at radius 1 is 1.33 bits per heavy atom. The van der Waals surface area contributed by atoms with Crippen molar-refractivity contribution in [2.75, 3.05) is 6.54 Å². The fourth-order valence-electron chi connectivity index (χ4n) is 3.07. The Bertz CT molecular complexity index is 333. The van der Waals surface area contributed by atoms with Gasteiger partial charge in [-0.3, -0.25) is 4.79 Å². The van der Waals surface area contributed by atoms with Gasteiger partial charge in [-0.25, -0.2) is 0 Å². The Kier molecular flexibility index (Phi) is 4.25. The van der Waals surface area contributed by atoms with Crippen LogP contribution in [0.4, 0.5) is 0 Å². The zero-order valence-corrected chi connectivity index (χ0v) is 12.1. The van der Waals surface area contributed by atoms with Gasteiger partial charge in [-0.05, 0) is 32.1 Å². The molecule has 0 saturated heterocycles. The molecule has 1 amide bonds. The molecule has 0 atom stereocenters. The summed E-state index contributed by atoms with van der Waals surface area (Å²) in [6, 6.07) is 0.464. The fraction of sp³-hybridized carbons (Fsp3) is 0.857. The van der Waals surface area contributed by atoms with E-state index in [1.807, 2.05) is 0 Å². The van der Waals surface area contributed by atoms with Crippen LogP contribution in [-0.4, -0.2) is 28.4 Å². The van der Waals surface area contributed by atoms with Gasteiger partial charge in [0.1, 0.15) is 0 Å². The number of carbonyl (C=O) groups is 1. The van der Waals surface area contributed by atoms with E-state index in [0.29, 0.717) is 11.0 Å². The normalized spacial score (nSPS) is 22.5. The number of thiocarbonyl (C=S) groups is 1. The SMILES string of the molecule is CCCN(C(=O)C1(C(N)=S)CCCCC1)C1CC1. The molecule has 4 heteroatoms. The molecule has 2 fully saturated rings. The number of hydrogen-bond acceptors (Lipinski definition) is 2. The van der Waals surface area contributed by atoms with Crippen LogP contribution in [0.25, 0.3) is 0 Å². The van der Waals surface area contributed by atoms with Gasteiger partial charge in [0.15, 0.2) is 0 Å². The number of carbonyl (C=O) groups excluding carboxylic acids is 1. The molecule has 2 rings (SSSR count). The van der Waals surface area contributed by atoms with Gasteiger partial charge in [0.2, 0.25) is 5.91 Å². The van der Waals surface area contributed by atoms with Crippen LogP contribution < -0.4 is 5.73 Å². The largest absolute Gasteiger partial charge is 0.392 e.